The van der Waals surface area contributed by atoms with Crippen LogP contribution < -0.4 is 5.43 Å². The van der Waals surface area contributed by atoms with Crippen molar-refractivity contribution in [3.05, 3.63) is 45.2 Å². The van der Waals surface area contributed by atoms with Gasteiger partial charge in [0.25, 0.3) is 0 Å². The molecule has 0 bridgehead atoms. The minimum atomic E-state index is 0.199. The van der Waals surface area contributed by atoms with E-state index in [1.165, 1.54) is 5.56 Å². The minimum absolute atomic E-state index is 0.199. The molecule has 0 saturated carbocycles. The number of para-hydroxylation sites is 1. The summed E-state index contributed by atoms with van der Waals surface area (Å²) in [5.74, 6) is 0. The van der Waals surface area contributed by atoms with Crippen molar-refractivity contribution in [2.45, 2.75) is 33.7 Å². The molecule has 0 spiro atoms. The smallest absolute Gasteiger partial charge is 0.194 e. The van der Waals surface area contributed by atoms with Crippen LogP contribution in [0.4, 0.5) is 0 Å². The van der Waals surface area contributed by atoms with Crippen molar-refractivity contribution >= 4 is 10.9 Å². The summed E-state index contributed by atoms with van der Waals surface area (Å²) in [6, 6.07) is 6.04. The largest absolute Gasteiger partial charge is 0.358 e. The Bertz CT molecular complexity index is 742. The number of H-pyrrole nitrogens is 1. The molecule has 1 aliphatic rings. The van der Waals surface area contributed by atoms with Gasteiger partial charge in [-0.2, -0.15) is 0 Å². The molecule has 0 atom stereocenters. The Balaban J connectivity index is 1.91. The van der Waals surface area contributed by atoms with Gasteiger partial charge in [-0.05, 0) is 31.5 Å². The molecule has 1 aromatic carbocycles. The summed E-state index contributed by atoms with van der Waals surface area (Å²) in [5, 5.41) is 0.831. The van der Waals surface area contributed by atoms with Crippen molar-refractivity contribution in [1.82, 2.24) is 14.8 Å². The molecule has 2 aromatic rings. The Kier molecular flexibility index (Phi) is 4.83. The number of aromatic amines is 1. The lowest BCUT2D eigenvalue weighted by molar-refractivity contribution is 0.131. The van der Waals surface area contributed by atoms with E-state index in [0.29, 0.717) is 0 Å². The summed E-state index contributed by atoms with van der Waals surface area (Å²) in [6.45, 7) is 12.5. The molecule has 0 amide bonds. The number of aryl methyl sites for hydroxylation is 2. The van der Waals surface area contributed by atoms with Gasteiger partial charge in [0.05, 0.1) is 5.52 Å². The van der Waals surface area contributed by atoms with Crippen LogP contribution in [0.25, 0.3) is 10.9 Å². The topological polar surface area (TPSA) is 39.3 Å². The zero-order chi connectivity index (χ0) is 16.4. The third-order valence-electron chi connectivity index (χ3n) is 5.11. The van der Waals surface area contributed by atoms with Gasteiger partial charge >= 0.3 is 0 Å². The molecule has 1 saturated heterocycles. The van der Waals surface area contributed by atoms with Gasteiger partial charge in [0.15, 0.2) is 5.43 Å². The van der Waals surface area contributed by atoms with E-state index in [0.717, 1.165) is 67.8 Å². The minimum Gasteiger partial charge on any atom is -0.358 e. The van der Waals surface area contributed by atoms with E-state index in [9.17, 15) is 4.79 Å². The first-order chi connectivity index (χ1) is 11.1. The van der Waals surface area contributed by atoms with Crippen LogP contribution in [0.1, 0.15) is 30.7 Å². The average Bonchev–Trinajstić information content (AvgIpc) is 2.58. The lowest BCUT2D eigenvalue weighted by Crippen LogP contribution is -2.46. The number of rotatable bonds is 4. The number of fused-ring (bicyclic) bond motifs is 1. The van der Waals surface area contributed by atoms with Gasteiger partial charge in [-0.25, -0.2) is 0 Å². The molecule has 0 unspecified atom stereocenters. The van der Waals surface area contributed by atoms with Crippen molar-refractivity contribution in [2.24, 2.45) is 0 Å². The molecule has 3 rings (SSSR count). The van der Waals surface area contributed by atoms with Gasteiger partial charge in [0.2, 0.25) is 0 Å². The van der Waals surface area contributed by atoms with Crippen molar-refractivity contribution in [2.75, 3.05) is 32.7 Å². The maximum Gasteiger partial charge on any atom is 0.194 e. The Morgan fingerprint density at radius 2 is 1.78 bits per heavy atom. The van der Waals surface area contributed by atoms with Crippen LogP contribution in [0.15, 0.2) is 23.0 Å². The van der Waals surface area contributed by atoms with E-state index in [4.69, 9.17) is 0 Å². The number of piperazine rings is 1. The fourth-order valence-electron chi connectivity index (χ4n) is 3.51. The summed E-state index contributed by atoms with van der Waals surface area (Å²) in [5.41, 5.74) is 4.37. The average molecular weight is 313 g/mol. The van der Waals surface area contributed by atoms with Crippen molar-refractivity contribution in [3.8, 4) is 0 Å². The van der Waals surface area contributed by atoms with Crippen LogP contribution >= 0.6 is 0 Å². The van der Waals surface area contributed by atoms with E-state index in [1.54, 1.807) is 0 Å². The monoisotopic (exact) mass is 313 g/mol. The Hall–Kier alpha value is -1.65. The summed E-state index contributed by atoms with van der Waals surface area (Å²) in [7, 11) is 0. The quantitative estimate of drug-likeness (QED) is 0.943. The first-order valence-electron chi connectivity index (χ1n) is 8.72. The van der Waals surface area contributed by atoms with Crippen LogP contribution in [0.3, 0.4) is 0 Å². The molecule has 1 fully saturated rings. The van der Waals surface area contributed by atoms with Crippen LogP contribution in [0.5, 0.6) is 0 Å². The molecule has 1 aliphatic heterocycles. The highest BCUT2D eigenvalue weighted by Crippen LogP contribution is 2.18. The number of likely N-dealkylation sites (N-methyl/N-ethyl adjacent to an activating group) is 1. The van der Waals surface area contributed by atoms with E-state index in [2.05, 4.69) is 34.7 Å². The molecular formula is C19H27N3O. The lowest BCUT2D eigenvalue weighted by atomic mass is 10.0. The predicted molar refractivity (Wildman–Crippen MR) is 96.1 cm³/mol. The molecule has 4 nitrogen and oxygen atoms in total. The Morgan fingerprint density at radius 1 is 1.09 bits per heavy atom. The van der Waals surface area contributed by atoms with Gasteiger partial charge in [0.1, 0.15) is 0 Å². The normalized spacial score (nSPS) is 17.0. The predicted octanol–water partition coefficient (Wildman–Crippen LogP) is 2.54. The van der Waals surface area contributed by atoms with Gasteiger partial charge in [0, 0.05) is 49.4 Å². The van der Waals surface area contributed by atoms with Crippen LogP contribution in [0.2, 0.25) is 0 Å². The highest BCUT2D eigenvalue weighted by atomic mass is 16.1. The maximum atomic E-state index is 13.0. The first kappa shape index (κ1) is 16.2. The van der Waals surface area contributed by atoms with Gasteiger partial charge < -0.3 is 9.88 Å². The fourth-order valence-corrected chi connectivity index (χ4v) is 3.51. The van der Waals surface area contributed by atoms with Gasteiger partial charge in [-0.3, -0.25) is 9.69 Å². The standard InChI is InChI=1S/C19H27N3O/c1-4-15-7-6-8-16-18(15)20-14(3)17(19(16)23)13-22-11-9-21(5-2)10-12-22/h6-8H,4-5,9-13H2,1-3H3,(H,20,23). The number of aromatic nitrogens is 1. The fraction of sp³-hybridized carbons (Fsp3) is 0.526. The second-order valence-electron chi connectivity index (χ2n) is 6.46. The molecule has 1 aromatic heterocycles. The SMILES string of the molecule is CCc1cccc2c(=O)c(CN3CCN(CC)CC3)c(C)[nH]c12. The number of hydrogen-bond donors (Lipinski definition) is 1. The summed E-state index contributed by atoms with van der Waals surface area (Å²) in [4.78, 5) is 21.3. The van der Waals surface area contributed by atoms with Crippen LogP contribution in [-0.4, -0.2) is 47.5 Å². The lowest BCUT2D eigenvalue weighted by Gasteiger charge is -2.34. The van der Waals surface area contributed by atoms with Crippen LogP contribution in [-0.2, 0) is 13.0 Å². The van der Waals surface area contributed by atoms with Crippen molar-refractivity contribution < 1.29 is 0 Å². The molecule has 2 heterocycles. The third kappa shape index (κ3) is 3.19. The van der Waals surface area contributed by atoms with Crippen molar-refractivity contribution in [3.63, 3.8) is 0 Å². The number of pyridine rings is 1. The zero-order valence-electron chi connectivity index (χ0n) is 14.5. The number of benzene rings is 1. The van der Waals surface area contributed by atoms with Gasteiger partial charge in [-0.1, -0.05) is 26.0 Å². The second-order valence-corrected chi connectivity index (χ2v) is 6.46. The summed E-state index contributed by atoms with van der Waals surface area (Å²) >= 11 is 0. The second kappa shape index (κ2) is 6.85. The first-order valence-corrected chi connectivity index (χ1v) is 8.72. The molecule has 23 heavy (non-hydrogen) atoms. The molecule has 124 valence electrons. The van der Waals surface area contributed by atoms with Crippen LogP contribution in [0, 0.1) is 6.92 Å². The number of nitrogens with zero attached hydrogens (tertiary/aromatic N) is 2. The van der Waals surface area contributed by atoms with Crippen molar-refractivity contribution in [1.29, 1.82) is 0 Å². The molecular weight excluding hydrogens is 286 g/mol. The molecule has 1 N–H and O–H groups in total. The highest BCUT2D eigenvalue weighted by molar-refractivity contribution is 5.82. The molecule has 4 heteroatoms. The maximum absolute atomic E-state index is 13.0. The summed E-state index contributed by atoms with van der Waals surface area (Å²) < 4.78 is 0. The number of nitrogens with one attached hydrogen (secondary N) is 1. The highest BCUT2D eigenvalue weighted by Gasteiger charge is 2.19. The van der Waals surface area contributed by atoms with E-state index in [-0.39, 0.29) is 5.43 Å². The Labute approximate surface area is 138 Å². The Morgan fingerprint density at radius 3 is 2.43 bits per heavy atom. The number of hydrogen-bond acceptors (Lipinski definition) is 3. The molecule has 0 aliphatic carbocycles. The summed E-state index contributed by atoms with van der Waals surface area (Å²) in [6.07, 6.45) is 0.936. The zero-order valence-corrected chi connectivity index (χ0v) is 14.5. The van der Waals surface area contributed by atoms with E-state index in [1.807, 2.05) is 19.1 Å². The molecule has 0 radical (unpaired) electrons. The third-order valence-corrected chi connectivity index (χ3v) is 5.11. The van der Waals surface area contributed by atoms with Gasteiger partial charge in [-0.15, -0.1) is 0 Å². The van der Waals surface area contributed by atoms with E-state index < -0.39 is 0 Å². The van der Waals surface area contributed by atoms with E-state index >= 15 is 0 Å².